The van der Waals surface area contributed by atoms with Crippen molar-refractivity contribution in [2.45, 2.75) is 50.2 Å². The van der Waals surface area contributed by atoms with Gasteiger partial charge in [-0.2, -0.15) is 5.26 Å². The number of nitriles is 1. The van der Waals surface area contributed by atoms with Crippen molar-refractivity contribution in [3.05, 3.63) is 58.5 Å². The van der Waals surface area contributed by atoms with Crippen molar-refractivity contribution in [1.29, 1.82) is 5.26 Å². The van der Waals surface area contributed by atoms with Gasteiger partial charge in [0.25, 0.3) is 0 Å². The standard InChI is InChI=1S/C26H25ClFN7O/c1-36-21-7-19(28)10-30-24(21)33-14-25(15-33)8-17(9-25)23-32-31-22-12-34(26(13-29)4-5-26)11-16-6-18(27)2-3-20(16)35(22)23/h2-3,6-7,10,17H,4-5,8-9,11-12,14-15H2,1H3. The molecule has 2 saturated carbocycles. The Labute approximate surface area is 213 Å². The second-order valence-corrected chi connectivity index (χ2v) is 11.2. The van der Waals surface area contributed by atoms with Gasteiger partial charge in [-0.3, -0.25) is 9.47 Å². The molecule has 1 saturated heterocycles. The van der Waals surface area contributed by atoms with E-state index in [2.05, 4.69) is 41.7 Å². The van der Waals surface area contributed by atoms with Gasteiger partial charge < -0.3 is 9.64 Å². The van der Waals surface area contributed by atoms with Gasteiger partial charge in [-0.05, 0) is 49.4 Å². The molecule has 0 bridgehead atoms. The summed E-state index contributed by atoms with van der Waals surface area (Å²) in [5.74, 6) is 2.93. The van der Waals surface area contributed by atoms with Gasteiger partial charge >= 0.3 is 0 Å². The van der Waals surface area contributed by atoms with Crippen LogP contribution in [0.15, 0.2) is 30.5 Å². The van der Waals surface area contributed by atoms with Crippen LogP contribution in [0.3, 0.4) is 0 Å². The molecule has 36 heavy (non-hydrogen) atoms. The number of benzene rings is 1. The highest BCUT2D eigenvalue weighted by Crippen LogP contribution is 2.57. The molecule has 3 aromatic rings. The number of ether oxygens (including phenoxy) is 1. The highest BCUT2D eigenvalue weighted by molar-refractivity contribution is 6.30. The molecule has 1 spiro atoms. The van der Waals surface area contributed by atoms with E-state index >= 15 is 0 Å². The van der Waals surface area contributed by atoms with Crippen molar-refractivity contribution in [2.24, 2.45) is 5.41 Å². The fraction of sp³-hybridized carbons (Fsp3) is 0.462. The zero-order chi connectivity index (χ0) is 24.7. The van der Waals surface area contributed by atoms with Crippen molar-refractivity contribution in [3.8, 4) is 17.5 Å². The molecule has 1 aromatic carbocycles. The predicted octanol–water partition coefficient (Wildman–Crippen LogP) is 4.22. The highest BCUT2D eigenvalue weighted by Gasteiger charge is 2.55. The third-order valence-electron chi connectivity index (χ3n) is 8.36. The lowest BCUT2D eigenvalue weighted by Gasteiger charge is -2.59. The summed E-state index contributed by atoms with van der Waals surface area (Å²) in [6, 6.07) is 9.88. The quantitative estimate of drug-likeness (QED) is 0.525. The summed E-state index contributed by atoms with van der Waals surface area (Å²) in [4.78, 5) is 8.65. The van der Waals surface area contributed by atoms with E-state index < -0.39 is 11.4 Å². The summed E-state index contributed by atoms with van der Waals surface area (Å²) in [5, 5.41) is 19.8. The maximum Gasteiger partial charge on any atom is 0.171 e. The van der Waals surface area contributed by atoms with Gasteiger partial charge in [-0.15, -0.1) is 10.2 Å². The van der Waals surface area contributed by atoms with Crippen LogP contribution in [-0.2, 0) is 13.1 Å². The zero-order valence-electron chi connectivity index (χ0n) is 19.9. The van der Waals surface area contributed by atoms with Gasteiger partial charge in [-0.25, -0.2) is 9.37 Å². The number of aromatic nitrogens is 4. The molecule has 0 radical (unpaired) electrons. The van der Waals surface area contributed by atoms with E-state index in [1.165, 1.54) is 12.3 Å². The minimum Gasteiger partial charge on any atom is -0.493 e. The third-order valence-corrected chi connectivity index (χ3v) is 8.60. The molecular weight excluding hydrogens is 481 g/mol. The summed E-state index contributed by atoms with van der Waals surface area (Å²) < 4.78 is 21.1. The molecule has 4 aliphatic rings. The van der Waals surface area contributed by atoms with Crippen molar-refractivity contribution < 1.29 is 9.13 Å². The zero-order valence-corrected chi connectivity index (χ0v) is 20.7. The van der Waals surface area contributed by atoms with E-state index in [0.29, 0.717) is 35.6 Å². The summed E-state index contributed by atoms with van der Waals surface area (Å²) in [6.45, 7) is 2.99. The lowest BCUT2D eigenvalue weighted by atomic mass is 9.57. The van der Waals surface area contributed by atoms with E-state index in [1.54, 1.807) is 7.11 Å². The average molecular weight is 506 g/mol. The molecular formula is C26H25ClFN7O. The minimum absolute atomic E-state index is 0.205. The van der Waals surface area contributed by atoms with E-state index in [1.807, 2.05) is 12.1 Å². The van der Waals surface area contributed by atoms with Crippen LogP contribution in [0, 0.1) is 22.6 Å². The number of rotatable bonds is 4. The summed E-state index contributed by atoms with van der Waals surface area (Å²) in [5.41, 5.74) is 1.95. The fourth-order valence-electron chi connectivity index (χ4n) is 6.35. The van der Waals surface area contributed by atoms with E-state index in [0.717, 1.165) is 61.7 Å². The Balaban J connectivity index is 1.14. The van der Waals surface area contributed by atoms with Crippen molar-refractivity contribution >= 4 is 17.4 Å². The molecule has 0 unspecified atom stereocenters. The fourth-order valence-corrected chi connectivity index (χ4v) is 6.55. The molecule has 10 heteroatoms. The monoisotopic (exact) mass is 505 g/mol. The van der Waals surface area contributed by atoms with Crippen molar-refractivity contribution in [1.82, 2.24) is 24.6 Å². The average Bonchev–Trinajstić information content (AvgIpc) is 3.55. The summed E-state index contributed by atoms with van der Waals surface area (Å²) in [6.07, 6.45) is 5.04. The third kappa shape index (κ3) is 3.24. The van der Waals surface area contributed by atoms with E-state index in [4.69, 9.17) is 16.3 Å². The number of hydrogen-bond acceptors (Lipinski definition) is 7. The van der Waals surface area contributed by atoms with Gasteiger partial charge in [0, 0.05) is 42.1 Å². The number of halogens is 2. The Morgan fingerprint density at radius 3 is 2.69 bits per heavy atom. The Morgan fingerprint density at radius 1 is 1.17 bits per heavy atom. The maximum atomic E-state index is 13.6. The Bertz CT molecular complexity index is 1410. The van der Waals surface area contributed by atoms with Crippen LogP contribution in [0.5, 0.6) is 5.75 Å². The van der Waals surface area contributed by atoms with Gasteiger partial charge in [0.15, 0.2) is 17.4 Å². The first-order chi connectivity index (χ1) is 17.4. The van der Waals surface area contributed by atoms with Crippen LogP contribution in [0.25, 0.3) is 5.69 Å². The number of nitrogens with zero attached hydrogens (tertiary/aromatic N) is 7. The molecule has 8 nitrogen and oxygen atoms in total. The van der Waals surface area contributed by atoms with Crippen LogP contribution in [-0.4, -0.2) is 50.4 Å². The minimum atomic E-state index is -0.410. The predicted molar refractivity (Wildman–Crippen MR) is 131 cm³/mol. The van der Waals surface area contributed by atoms with Crippen LogP contribution in [0.2, 0.25) is 5.02 Å². The molecule has 4 heterocycles. The number of methoxy groups -OCH3 is 1. The highest BCUT2D eigenvalue weighted by atomic mass is 35.5. The molecule has 0 N–H and O–H groups in total. The van der Waals surface area contributed by atoms with Crippen LogP contribution in [0.1, 0.15) is 48.8 Å². The van der Waals surface area contributed by atoms with Gasteiger partial charge in [0.2, 0.25) is 0 Å². The SMILES string of the molecule is COc1cc(F)cnc1N1CC2(CC(c3nnc4n3-c3ccc(Cl)cc3CN(C3(C#N)CC3)C4)C2)C1. The van der Waals surface area contributed by atoms with Crippen LogP contribution in [0.4, 0.5) is 10.2 Å². The Morgan fingerprint density at radius 2 is 1.97 bits per heavy atom. The lowest BCUT2D eigenvalue weighted by molar-refractivity contribution is 0.0577. The first kappa shape index (κ1) is 22.0. The van der Waals surface area contributed by atoms with Gasteiger partial charge in [0.1, 0.15) is 17.2 Å². The van der Waals surface area contributed by atoms with Crippen molar-refractivity contribution in [3.63, 3.8) is 0 Å². The maximum absolute atomic E-state index is 13.6. The number of pyridine rings is 1. The normalized spacial score (nSPS) is 21.6. The molecule has 0 amide bonds. The van der Waals surface area contributed by atoms with Crippen LogP contribution < -0.4 is 9.64 Å². The Kier molecular flexibility index (Phi) is 4.67. The van der Waals surface area contributed by atoms with E-state index in [9.17, 15) is 9.65 Å². The Hall–Kier alpha value is -3.22. The van der Waals surface area contributed by atoms with Gasteiger partial charge in [0.05, 0.1) is 31.6 Å². The number of hydrogen-bond donors (Lipinski definition) is 0. The molecule has 2 aliphatic carbocycles. The molecule has 184 valence electrons. The summed E-state index contributed by atoms with van der Waals surface area (Å²) in [7, 11) is 1.54. The summed E-state index contributed by atoms with van der Waals surface area (Å²) >= 11 is 6.38. The van der Waals surface area contributed by atoms with Crippen molar-refractivity contribution in [2.75, 3.05) is 25.1 Å². The number of fused-ring (bicyclic) bond motifs is 3. The topological polar surface area (TPSA) is 83.1 Å². The molecule has 7 rings (SSSR count). The second kappa shape index (κ2) is 7.64. The smallest absolute Gasteiger partial charge is 0.171 e. The molecule has 0 atom stereocenters. The first-order valence-electron chi connectivity index (χ1n) is 12.3. The molecule has 2 aliphatic heterocycles. The number of anilines is 1. The second-order valence-electron chi connectivity index (χ2n) is 10.7. The lowest BCUT2D eigenvalue weighted by Crippen LogP contribution is -2.62. The molecule has 3 fully saturated rings. The largest absolute Gasteiger partial charge is 0.493 e. The van der Waals surface area contributed by atoms with E-state index in [-0.39, 0.29) is 5.41 Å². The first-order valence-corrected chi connectivity index (χ1v) is 12.6. The van der Waals surface area contributed by atoms with Gasteiger partial charge in [-0.1, -0.05) is 11.6 Å². The molecule has 2 aromatic heterocycles. The van der Waals surface area contributed by atoms with Crippen LogP contribution >= 0.6 is 11.6 Å².